The largest absolute Gasteiger partial charge is 0.481 e. The molecule has 0 spiro atoms. The minimum Gasteiger partial charge on any atom is -0.481 e. The van der Waals surface area contributed by atoms with Gasteiger partial charge in [-0.2, -0.15) is 5.26 Å². The molecule has 1 N–H and O–H groups in total. The Morgan fingerprint density at radius 3 is 2.82 bits per heavy atom. The Balaban J connectivity index is 2.96. The van der Waals surface area contributed by atoms with Crippen molar-refractivity contribution in [3.05, 3.63) is 28.2 Å². The summed E-state index contributed by atoms with van der Waals surface area (Å²) in [5, 5.41) is 17.9. The minimum absolute atomic E-state index is 0.362. The first-order valence-electron chi connectivity index (χ1n) is 5.09. The summed E-state index contributed by atoms with van der Waals surface area (Å²) in [7, 11) is 1.78. The number of nitrogens with zero attached hydrogens (tertiary/aromatic N) is 2. The van der Waals surface area contributed by atoms with Gasteiger partial charge in [-0.25, -0.2) is 0 Å². The molecular weight excluding hydrogens is 284 g/mol. The highest BCUT2D eigenvalue weighted by atomic mass is 79.9. The van der Waals surface area contributed by atoms with E-state index in [9.17, 15) is 4.79 Å². The van der Waals surface area contributed by atoms with Crippen molar-refractivity contribution in [2.24, 2.45) is 5.92 Å². The van der Waals surface area contributed by atoms with Gasteiger partial charge in [-0.05, 0) is 18.2 Å². The topological polar surface area (TPSA) is 64.3 Å². The van der Waals surface area contributed by atoms with Crippen molar-refractivity contribution in [2.75, 3.05) is 18.5 Å². The van der Waals surface area contributed by atoms with Gasteiger partial charge < -0.3 is 10.0 Å². The maximum Gasteiger partial charge on any atom is 0.308 e. The fraction of sp³-hybridized carbons (Fsp3) is 0.333. The van der Waals surface area contributed by atoms with Crippen LogP contribution in [0.15, 0.2) is 22.7 Å². The van der Waals surface area contributed by atoms with Crippen LogP contribution in [0.25, 0.3) is 0 Å². The van der Waals surface area contributed by atoms with Gasteiger partial charge in [0.1, 0.15) is 6.07 Å². The zero-order valence-corrected chi connectivity index (χ0v) is 11.2. The van der Waals surface area contributed by atoms with Gasteiger partial charge in [0.15, 0.2) is 0 Å². The molecule has 0 aromatic heterocycles. The van der Waals surface area contributed by atoms with E-state index in [-0.39, 0.29) is 0 Å². The highest BCUT2D eigenvalue weighted by Crippen LogP contribution is 2.24. The molecule has 0 radical (unpaired) electrons. The number of nitriles is 1. The first kappa shape index (κ1) is 13.5. The molecule has 0 amide bonds. The number of carboxylic acids is 1. The van der Waals surface area contributed by atoms with Gasteiger partial charge in [-0.1, -0.05) is 22.9 Å². The molecule has 1 atom stereocenters. The Kier molecular flexibility index (Phi) is 4.53. The molecule has 1 rings (SSSR count). The summed E-state index contributed by atoms with van der Waals surface area (Å²) in [6, 6.07) is 7.41. The first-order valence-corrected chi connectivity index (χ1v) is 5.88. The van der Waals surface area contributed by atoms with Crippen molar-refractivity contribution in [3.8, 4) is 6.07 Å². The van der Waals surface area contributed by atoms with Crippen LogP contribution in [0.4, 0.5) is 5.69 Å². The lowest BCUT2D eigenvalue weighted by atomic mass is 10.1. The maximum atomic E-state index is 10.8. The predicted molar refractivity (Wildman–Crippen MR) is 68.9 cm³/mol. The van der Waals surface area contributed by atoms with E-state index in [1.807, 2.05) is 6.07 Å². The van der Waals surface area contributed by atoms with Crippen molar-refractivity contribution in [1.82, 2.24) is 0 Å². The number of carbonyl (C=O) groups is 1. The quantitative estimate of drug-likeness (QED) is 0.927. The van der Waals surface area contributed by atoms with Crippen LogP contribution in [0.5, 0.6) is 0 Å². The zero-order valence-electron chi connectivity index (χ0n) is 9.64. The van der Waals surface area contributed by atoms with Gasteiger partial charge >= 0.3 is 5.97 Å². The number of carboxylic acid groups (broad SMARTS) is 1. The highest BCUT2D eigenvalue weighted by Gasteiger charge is 2.16. The third kappa shape index (κ3) is 3.46. The number of benzene rings is 1. The monoisotopic (exact) mass is 296 g/mol. The number of hydrogen-bond donors (Lipinski definition) is 1. The summed E-state index contributed by atoms with van der Waals surface area (Å²) in [5.74, 6) is -1.32. The molecule has 0 aliphatic rings. The van der Waals surface area contributed by atoms with Crippen LogP contribution in [-0.2, 0) is 4.79 Å². The summed E-state index contributed by atoms with van der Waals surface area (Å²) in [6.07, 6.45) is 0. The highest BCUT2D eigenvalue weighted by molar-refractivity contribution is 9.10. The van der Waals surface area contributed by atoms with Crippen molar-refractivity contribution in [3.63, 3.8) is 0 Å². The lowest BCUT2D eigenvalue weighted by Gasteiger charge is -2.22. The second-order valence-corrected chi connectivity index (χ2v) is 4.81. The second-order valence-electron chi connectivity index (χ2n) is 3.89. The van der Waals surface area contributed by atoms with Crippen LogP contribution in [0.1, 0.15) is 12.5 Å². The Hall–Kier alpha value is -1.54. The van der Waals surface area contributed by atoms with E-state index in [0.29, 0.717) is 12.1 Å². The van der Waals surface area contributed by atoms with Gasteiger partial charge in [0.2, 0.25) is 0 Å². The van der Waals surface area contributed by atoms with E-state index in [1.165, 1.54) is 0 Å². The SMILES string of the molecule is CC(CN(C)c1cc(Br)ccc1C#N)C(=O)O. The number of hydrogen-bond acceptors (Lipinski definition) is 3. The van der Waals surface area contributed by atoms with E-state index in [1.54, 1.807) is 31.0 Å². The Morgan fingerprint density at radius 1 is 1.65 bits per heavy atom. The standard InChI is InChI=1S/C12H13BrN2O2/c1-8(12(16)17)7-15(2)11-5-10(13)4-3-9(11)6-14/h3-5,8H,7H2,1-2H3,(H,16,17). The smallest absolute Gasteiger partial charge is 0.308 e. The Bertz CT molecular complexity index is 468. The predicted octanol–water partition coefficient (Wildman–Crippen LogP) is 2.48. The van der Waals surface area contributed by atoms with Crippen molar-refractivity contribution in [1.29, 1.82) is 5.26 Å². The summed E-state index contributed by atoms with van der Waals surface area (Å²) in [5.41, 5.74) is 1.27. The molecule has 0 aliphatic heterocycles. The first-order chi connectivity index (χ1) is 7.95. The fourth-order valence-corrected chi connectivity index (χ4v) is 1.85. The van der Waals surface area contributed by atoms with E-state index in [2.05, 4.69) is 22.0 Å². The summed E-state index contributed by atoms with van der Waals surface area (Å²) >= 11 is 3.34. The van der Waals surface area contributed by atoms with E-state index >= 15 is 0 Å². The molecule has 1 unspecified atom stereocenters. The summed E-state index contributed by atoms with van der Waals surface area (Å²) < 4.78 is 0.862. The molecule has 17 heavy (non-hydrogen) atoms. The van der Waals surface area contributed by atoms with Gasteiger partial charge in [-0.3, -0.25) is 4.79 Å². The normalized spacial score (nSPS) is 11.6. The molecule has 0 heterocycles. The molecule has 90 valence electrons. The molecule has 5 heteroatoms. The third-order valence-electron chi connectivity index (χ3n) is 2.46. The third-order valence-corrected chi connectivity index (χ3v) is 2.95. The van der Waals surface area contributed by atoms with Crippen LogP contribution in [0, 0.1) is 17.2 Å². The van der Waals surface area contributed by atoms with Gasteiger partial charge in [0.05, 0.1) is 17.2 Å². The van der Waals surface area contributed by atoms with Crippen LogP contribution < -0.4 is 4.90 Å². The lowest BCUT2D eigenvalue weighted by Crippen LogP contribution is -2.28. The molecule has 1 aromatic carbocycles. The van der Waals surface area contributed by atoms with Gasteiger partial charge in [-0.15, -0.1) is 0 Å². The zero-order chi connectivity index (χ0) is 13.0. The van der Waals surface area contributed by atoms with Crippen LogP contribution in [-0.4, -0.2) is 24.7 Å². The van der Waals surface area contributed by atoms with E-state index in [4.69, 9.17) is 10.4 Å². The average Bonchev–Trinajstić information content (AvgIpc) is 2.28. The van der Waals surface area contributed by atoms with Crippen LogP contribution >= 0.6 is 15.9 Å². The van der Waals surface area contributed by atoms with E-state index < -0.39 is 11.9 Å². The van der Waals surface area contributed by atoms with Crippen LogP contribution in [0.3, 0.4) is 0 Å². The van der Waals surface area contributed by atoms with Gasteiger partial charge in [0, 0.05) is 18.1 Å². The molecule has 0 saturated heterocycles. The second kappa shape index (κ2) is 5.69. The summed E-state index contributed by atoms with van der Waals surface area (Å²) in [4.78, 5) is 12.6. The number of halogens is 1. The Morgan fingerprint density at radius 2 is 2.29 bits per heavy atom. The van der Waals surface area contributed by atoms with E-state index in [0.717, 1.165) is 10.2 Å². The molecule has 0 aliphatic carbocycles. The number of anilines is 1. The van der Waals surface area contributed by atoms with Crippen molar-refractivity contribution >= 4 is 27.6 Å². The van der Waals surface area contributed by atoms with Crippen molar-refractivity contribution < 1.29 is 9.90 Å². The Labute approximate surface area is 109 Å². The fourth-order valence-electron chi connectivity index (χ4n) is 1.50. The lowest BCUT2D eigenvalue weighted by molar-refractivity contribution is -0.140. The molecule has 0 saturated carbocycles. The minimum atomic E-state index is -0.842. The molecule has 0 fully saturated rings. The van der Waals surface area contributed by atoms with Crippen molar-refractivity contribution in [2.45, 2.75) is 6.92 Å². The maximum absolute atomic E-state index is 10.8. The number of rotatable bonds is 4. The molecule has 0 bridgehead atoms. The molecule has 4 nitrogen and oxygen atoms in total. The number of aliphatic carboxylic acids is 1. The summed E-state index contributed by atoms with van der Waals surface area (Å²) in [6.45, 7) is 2.00. The van der Waals surface area contributed by atoms with Crippen LogP contribution in [0.2, 0.25) is 0 Å². The molecular formula is C12H13BrN2O2. The molecule has 1 aromatic rings. The van der Waals surface area contributed by atoms with Gasteiger partial charge in [0.25, 0.3) is 0 Å². The average molecular weight is 297 g/mol.